The second-order valence-corrected chi connectivity index (χ2v) is 15.7. The molecule has 54 heavy (non-hydrogen) atoms. The number of carbonyl (C=O) groups excluding carboxylic acids is 3. The lowest BCUT2D eigenvalue weighted by Gasteiger charge is -2.18. The van der Waals surface area contributed by atoms with Gasteiger partial charge >= 0.3 is 17.9 Å². The van der Waals surface area contributed by atoms with Crippen LogP contribution in [0.5, 0.6) is 0 Å². The molecule has 0 rings (SSSR count). The molecule has 0 aliphatic rings. The molecule has 0 aromatic rings. The zero-order chi connectivity index (χ0) is 39.4. The highest BCUT2D eigenvalue weighted by Gasteiger charge is 2.19. The molecule has 0 N–H and O–H groups in total. The normalized spacial score (nSPS) is 12.1. The van der Waals surface area contributed by atoms with Crippen LogP contribution >= 0.6 is 0 Å². The predicted octanol–water partition coefficient (Wildman–Crippen LogP) is 14.8. The Morgan fingerprint density at radius 3 is 0.981 bits per heavy atom. The Bertz CT molecular complexity index is 880. The van der Waals surface area contributed by atoms with E-state index in [0.29, 0.717) is 19.3 Å². The molecule has 1 unspecified atom stereocenters. The van der Waals surface area contributed by atoms with Gasteiger partial charge in [-0.15, -0.1) is 0 Å². The number of rotatable bonds is 42. The summed E-state index contributed by atoms with van der Waals surface area (Å²) >= 11 is 0. The first-order valence-corrected chi connectivity index (χ1v) is 23.3. The summed E-state index contributed by atoms with van der Waals surface area (Å²) in [5.74, 6) is -0.891. The molecule has 0 aliphatic carbocycles. The number of ether oxygens (including phenoxy) is 3. The fourth-order valence-electron chi connectivity index (χ4n) is 6.59. The van der Waals surface area contributed by atoms with Crippen LogP contribution in [0, 0.1) is 0 Å². The van der Waals surface area contributed by atoms with Crippen LogP contribution in [0.1, 0.15) is 245 Å². The Morgan fingerprint density at radius 2 is 0.630 bits per heavy atom. The van der Waals surface area contributed by atoms with Crippen LogP contribution in [-0.2, 0) is 28.6 Å². The van der Waals surface area contributed by atoms with Crippen LogP contribution in [-0.4, -0.2) is 37.2 Å². The number of allylic oxidation sites excluding steroid dienone is 4. The van der Waals surface area contributed by atoms with Crippen LogP contribution in [0.25, 0.3) is 0 Å². The maximum atomic E-state index is 12.7. The summed E-state index contributed by atoms with van der Waals surface area (Å²) in [6, 6.07) is 0. The van der Waals surface area contributed by atoms with Crippen molar-refractivity contribution in [3.8, 4) is 0 Å². The molecule has 0 saturated carbocycles. The smallest absolute Gasteiger partial charge is 0.306 e. The van der Waals surface area contributed by atoms with E-state index in [0.717, 1.165) is 77.0 Å². The monoisotopic (exact) mass is 761 g/mol. The van der Waals surface area contributed by atoms with E-state index in [4.69, 9.17) is 14.2 Å². The lowest BCUT2D eigenvalue weighted by Crippen LogP contribution is -2.30. The largest absolute Gasteiger partial charge is 0.462 e. The molecule has 0 heterocycles. The van der Waals surface area contributed by atoms with Crippen molar-refractivity contribution in [2.24, 2.45) is 0 Å². The van der Waals surface area contributed by atoms with Gasteiger partial charge in [-0.1, -0.05) is 186 Å². The van der Waals surface area contributed by atoms with Gasteiger partial charge in [-0.2, -0.15) is 0 Å². The summed E-state index contributed by atoms with van der Waals surface area (Å²) in [6.45, 7) is 6.56. The molecular weight excluding hydrogens is 673 g/mol. The minimum absolute atomic E-state index is 0.0748. The zero-order valence-corrected chi connectivity index (χ0v) is 36.0. The summed E-state index contributed by atoms with van der Waals surface area (Å²) in [4.78, 5) is 37.6. The van der Waals surface area contributed by atoms with Crippen molar-refractivity contribution < 1.29 is 28.6 Å². The molecule has 0 amide bonds. The van der Waals surface area contributed by atoms with Crippen LogP contribution < -0.4 is 0 Å². The Labute approximate surface area is 334 Å². The number of unbranched alkanes of at least 4 members (excludes halogenated alkanes) is 27. The van der Waals surface area contributed by atoms with Crippen molar-refractivity contribution in [2.75, 3.05) is 13.2 Å². The van der Waals surface area contributed by atoms with E-state index in [1.807, 2.05) is 0 Å². The molecular formula is C48H88O6. The van der Waals surface area contributed by atoms with Gasteiger partial charge in [0.1, 0.15) is 13.2 Å². The molecule has 0 spiro atoms. The Balaban J connectivity index is 4.29. The number of esters is 3. The second kappa shape index (κ2) is 43.6. The van der Waals surface area contributed by atoms with Crippen LogP contribution in [0.15, 0.2) is 24.3 Å². The third-order valence-corrected chi connectivity index (χ3v) is 10.2. The van der Waals surface area contributed by atoms with E-state index in [-0.39, 0.29) is 31.1 Å². The standard InChI is InChI=1S/C48H88O6/c1-4-7-10-13-16-19-21-22-23-24-25-26-27-30-32-35-38-41-47(50)53-44-45(43-52-46(49)40-37-34-31-28-18-15-12-9-6-3)54-48(51)42-39-36-33-29-20-17-14-11-8-5-2/h14,17,22-23,45H,4-13,15-16,18-21,24-44H2,1-3H3/b17-14-,23-22-. The van der Waals surface area contributed by atoms with E-state index in [1.165, 1.54) is 128 Å². The molecule has 0 radical (unpaired) electrons. The Kier molecular flexibility index (Phi) is 41.9. The minimum Gasteiger partial charge on any atom is -0.462 e. The van der Waals surface area contributed by atoms with Gasteiger partial charge < -0.3 is 14.2 Å². The molecule has 0 aliphatic heterocycles. The van der Waals surface area contributed by atoms with E-state index in [2.05, 4.69) is 45.1 Å². The Hall–Kier alpha value is -2.11. The van der Waals surface area contributed by atoms with E-state index < -0.39 is 6.10 Å². The second-order valence-electron chi connectivity index (χ2n) is 15.7. The van der Waals surface area contributed by atoms with Crippen LogP contribution in [0.2, 0.25) is 0 Å². The Morgan fingerprint density at radius 1 is 0.352 bits per heavy atom. The van der Waals surface area contributed by atoms with Crippen molar-refractivity contribution in [2.45, 2.75) is 252 Å². The summed E-state index contributed by atoms with van der Waals surface area (Å²) in [5, 5.41) is 0. The van der Waals surface area contributed by atoms with Gasteiger partial charge in [-0.25, -0.2) is 0 Å². The zero-order valence-electron chi connectivity index (χ0n) is 36.0. The first kappa shape index (κ1) is 51.9. The van der Waals surface area contributed by atoms with Crippen LogP contribution in [0.4, 0.5) is 0 Å². The summed E-state index contributed by atoms with van der Waals surface area (Å²) < 4.78 is 16.7. The molecule has 0 fully saturated rings. The van der Waals surface area contributed by atoms with Crippen molar-refractivity contribution in [1.29, 1.82) is 0 Å². The quantitative estimate of drug-likeness (QED) is 0.0267. The molecule has 0 saturated heterocycles. The molecule has 0 bridgehead atoms. The lowest BCUT2D eigenvalue weighted by molar-refractivity contribution is -0.167. The van der Waals surface area contributed by atoms with Gasteiger partial charge in [0.25, 0.3) is 0 Å². The maximum Gasteiger partial charge on any atom is 0.306 e. The van der Waals surface area contributed by atoms with Gasteiger partial charge in [-0.3, -0.25) is 14.4 Å². The van der Waals surface area contributed by atoms with Crippen molar-refractivity contribution in [1.82, 2.24) is 0 Å². The molecule has 6 heteroatoms. The van der Waals surface area contributed by atoms with Gasteiger partial charge in [0.05, 0.1) is 0 Å². The van der Waals surface area contributed by atoms with E-state index in [9.17, 15) is 14.4 Å². The fraction of sp³-hybridized carbons (Fsp3) is 0.854. The first-order valence-electron chi connectivity index (χ1n) is 23.3. The first-order chi connectivity index (χ1) is 26.5. The third-order valence-electron chi connectivity index (χ3n) is 10.2. The lowest BCUT2D eigenvalue weighted by atomic mass is 10.1. The highest BCUT2D eigenvalue weighted by Crippen LogP contribution is 2.14. The minimum atomic E-state index is -0.771. The third kappa shape index (κ3) is 41.1. The molecule has 0 aromatic heterocycles. The van der Waals surface area contributed by atoms with Crippen LogP contribution in [0.3, 0.4) is 0 Å². The summed E-state index contributed by atoms with van der Waals surface area (Å²) in [5.41, 5.74) is 0. The van der Waals surface area contributed by atoms with Crippen molar-refractivity contribution in [3.05, 3.63) is 24.3 Å². The average molecular weight is 761 g/mol. The summed E-state index contributed by atoms with van der Waals surface area (Å²) in [7, 11) is 0. The van der Waals surface area contributed by atoms with E-state index in [1.54, 1.807) is 0 Å². The number of hydrogen-bond acceptors (Lipinski definition) is 6. The van der Waals surface area contributed by atoms with Gasteiger partial charge in [0.15, 0.2) is 6.10 Å². The van der Waals surface area contributed by atoms with Crippen molar-refractivity contribution in [3.63, 3.8) is 0 Å². The average Bonchev–Trinajstić information content (AvgIpc) is 3.17. The van der Waals surface area contributed by atoms with Gasteiger partial charge in [0.2, 0.25) is 0 Å². The van der Waals surface area contributed by atoms with Crippen molar-refractivity contribution >= 4 is 17.9 Å². The fourth-order valence-corrected chi connectivity index (χ4v) is 6.59. The van der Waals surface area contributed by atoms with Gasteiger partial charge in [0, 0.05) is 19.3 Å². The van der Waals surface area contributed by atoms with Gasteiger partial charge in [-0.05, 0) is 64.2 Å². The molecule has 1 atom stereocenters. The maximum absolute atomic E-state index is 12.7. The summed E-state index contributed by atoms with van der Waals surface area (Å²) in [6.07, 6.45) is 47.4. The highest BCUT2D eigenvalue weighted by atomic mass is 16.6. The molecule has 316 valence electrons. The highest BCUT2D eigenvalue weighted by molar-refractivity contribution is 5.71. The number of carbonyl (C=O) groups is 3. The topological polar surface area (TPSA) is 78.9 Å². The molecule has 6 nitrogen and oxygen atoms in total. The SMILES string of the molecule is CCCC/C=C\CCCCCCC(=O)OC(COC(=O)CCCCCCCCC/C=C\CCCCCCCC)COC(=O)CCCCCCCCCCC. The molecule has 0 aromatic carbocycles. The number of hydrogen-bond donors (Lipinski definition) is 0. The van der Waals surface area contributed by atoms with E-state index >= 15 is 0 Å². The predicted molar refractivity (Wildman–Crippen MR) is 229 cm³/mol.